The number of halogens is 2. The summed E-state index contributed by atoms with van der Waals surface area (Å²) in [6.45, 7) is 4.00. The standard InChI is InChI=1S/C20H22ClN3O5S.C19H18ClN3O5S/c1-13(25)24(11-16(26)10-22-20(28)17-6-7-18(21)30-17)15-4-2-14(3-5-15)23-8-9-29-12-19(23)27;20-16-6-5-15(29-16)18(25)21-9-14-10-23(19(26)28-14)13-3-1-12(2-4-13)22-7-8-27-11-17(22)24/h2-7,16,26H,8-12H2,1H3,(H,22,28);1-6,14H,7-11H2,(H,21,25)/t16-;14-/m00/s1. The van der Waals surface area contributed by atoms with Crippen molar-refractivity contribution in [2.75, 3.05) is 85.3 Å². The Hall–Kier alpha value is -5.08. The van der Waals surface area contributed by atoms with E-state index < -0.39 is 18.3 Å². The summed E-state index contributed by atoms with van der Waals surface area (Å²) in [7, 11) is 0. The minimum absolute atomic E-state index is 0.0106. The number of nitrogens with one attached hydrogen (secondary N) is 2. The maximum Gasteiger partial charge on any atom is 0.414 e. The highest BCUT2D eigenvalue weighted by Gasteiger charge is 2.33. The molecule has 3 saturated heterocycles. The first-order valence-corrected chi connectivity index (χ1v) is 20.7. The van der Waals surface area contributed by atoms with Crippen LogP contribution in [-0.2, 0) is 28.6 Å². The number of carbonyl (C=O) groups is 6. The summed E-state index contributed by atoms with van der Waals surface area (Å²) < 4.78 is 16.7. The van der Waals surface area contributed by atoms with Gasteiger partial charge in [-0.05, 0) is 72.8 Å². The smallest absolute Gasteiger partial charge is 0.414 e. The zero-order valence-corrected chi connectivity index (χ0v) is 34.8. The molecule has 3 N–H and O–H groups in total. The Morgan fingerprint density at radius 1 is 0.763 bits per heavy atom. The lowest BCUT2D eigenvalue weighted by Crippen LogP contribution is -2.42. The van der Waals surface area contributed by atoms with E-state index in [0.29, 0.717) is 62.6 Å². The third-order valence-corrected chi connectivity index (χ3v) is 11.6. The Labute approximate surface area is 357 Å². The molecule has 0 bridgehead atoms. The van der Waals surface area contributed by atoms with Gasteiger partial charge in [0.1, 0.15) is 19.3 Å². The summed E-state index contributed by atoms with van der Waals surface area (Å²) in [6.07, 6.45) is -1.89. The van der Waals surface area contributed by atoms with Gasteiger partial charge >= 0.3 is 6.09 Å². The largest absolute Gasteiger partial charge is 0.442 e. The van der Waals surface area contributed by atoms with Crippen molar-refractivity contribution >= 4 is 104 Å². The van der Waals surface area contributed by atoms with Crippen LogP contribution in [0.4, 0.5) is 27.5 Å². The molecule has 0 unspecified atom stereocenters. The third kappa shape index (κ3) is 11.6. The topological polar surface area (TPSA) is 187 Å². The second-order valence-electron chi connectivity index (χ2n) is 13.3. The van der Waals surface area contributed by atoms with Crippen molar-refractivity contribution in [2.24, 2.45) is 0 Å². The maximum atomic E-state index is 12.2. The number of aliphatic hydroxyl groups excluding tert-OH is 1. The lowest BCUT2D eigenvalue weighted by atomic mass is 10.2. The number of benzene rings is 2. The molecule has 2 aromatic carbocycles. The summed E-state index contributed by atoms with van der Waals surface area (Å²) >= 11 is 14.0. The Kier molecular flexibility index (Phi) is 14.9. The van der Waals surface area contributed by atoms with Crippen molar-refractivity contribution in [1.82, 2.24) is 10.6 Å². The first-order valence-electron chi connectivity index (χ1n) is 18.3. The van der Waals surface area contributed by atoms with Crippen LogP contribution in [-0.4, -0.2) is 119 Å². The molecule has 3 aliphatic heterocycles. The summed E-state index contributed by atoms with van der Waals surface area (Å²) in [5.74, 6) is -1.04. The van der Waals surface area contributed by atoms with Crippen molar-refractivity contribution in [3.8, 4) is 0 Å². The highest BCUT2D eigenvalue weighted by atomic mass is 35.5. The van der Waals surface area contributed by atoms with E-state index in [4.69, 9.17) is 37.4 Å². The van der Waals surface area contributed by atoms with Gasteiger partial charge in [0.2, 0.25) is 5.91 Å². The molecular weight excluding hydrogens is 848 g/mol. The van der Waals surface area contributed by atoms with E-state index >= 15 is 0 Å². The van der Waals surface area contributed by atoms with Crippen LogP contribution in [0, 0.1) is 0 Å². The van der Waals surface area contributed by atoms with Crippen LogP contribution in [0.25, 0.3) is 0 Å². The van der Waals surface area contributed by atoms with Gasteiger partial charge < -0.3 is 44.7 Å². The van der Waals surface area contributed by atoms with E-state index in [-0.39, 0.29) is 62.4 Å². The SMILES string of the molecule is CC(=O)N(C[C@@H](O)CNC(=O)c1ccc(Cl)s1)c1ccc(N2CCOCC2=O)cc1.O=C(NC[C@H]1CN(c2ccc(N3CCOCC3=O)cc2)C(=O)O1)c1ccc(Cl)s1. The second kappa shape index (κ2) is 20.3. The van der Waals surface area contributed by atoms with Crippen molar-refractivity contribution in [3.63, 3.8) is 0 Å². The lowest BCUT2D eigenvalue weighted by Gasteiger charge is -2.28. The summed E-state index contributed by atoms with van der Waals surface area (Å²) in [5, 5.41) is 15.7. The molecule has 2 aromatic heterocycles. The number of nitrogens with zero attached hydrogens (tertiary/aromatic N) is 4. The number of aliphatic hydroxyl groups is 1. The van der Waals surface area contributed by atoms with E-state index in [2.05, 4.69) is 10.6 Å². The lowest BCUT2D eigenvalue weighted by molar-refractivity contribution is -0.126. The van der Waals surface area contributed by atoms with Gasteiger partial charge in [-0.15, -0.1) is 22.7 Å². The molecule has 5 heterocycles. The van der Waals surface area contributed by atoms with Crippen molar-refractivity contribution in [1.29, 1.82) is 0 Å². The zero-order chi connectivity index (χ0) is 42.1. The Bertz CT molecular complexity index is 2150. The van der Waals surface area contributed by atoms with E-state index in [9.17, 15) is 33.9 Å². The van der Waals surface area contributed by atoms with E-state index in [1.807, 2.05) is 0 Å². The van der Waals surface area contributed by atoms with Crippen molar-refractivity contribution in [2.45, 2.75) is 19.1 Å². The summed E-state index contributed by atoms with van der Waals surface area (Å²) in [5.41, 5.74) is 2.73. The van der Waals surface area contributed by atoms with Crippen molar-refractivity contribution in [3.05, 3.63) is 91.2 Å². The van der Waals surface area contributed by atoms with Gasteiger partial charge in [-0.1, -0.05) is 23.2 Å². The highest BCUT2D eigenvalue weighted by molar-refractivity contribution is 7.18. The fraction of sp³-hybridized carbons (Fsp3) is 0.333. The molecule has 0 radical (unpaired) electrons. The average Bonchev–Trinajstić information content (AvgIpc) is 3.98. The number of cyclic esters (lactones) is 1. The monoisotopic (exact) mass is 886 g/mol. The normalized spacial score (nSPS) is 17.2. The van der Waals surface area contributed by atoms with Gasteiger partial charge in [-0.25, -0.2) is 4.79 Å². The van der Waals surface area contributed by atoms with Crippen LogP contribution in [0.15, 0.2) is 72.8 Å². The molecule has 7 rings (SSSR count). The number of rotatable bonds is 12. The third-order valence-electron chi connectivity index (χ3n) is 9.15. The Morgan fingerprint density at radius 3 is 1.73 bits per heavy atom. The Balaban J connectivity index is 0.000000198. The number of hydrogen-bond acceptors (Lipinski definition) is 12. The molecule has 4 aromatic rings. The minimum Gasteiger partial charge on any atom is -0.442 e. The molecule has 2 atom stereocenters. The molecule has 3 fully saturated rings. The number of hydrogen-bond donors (Lipinski definition) is 3. The highest BCUT2D eigenvalue weighted by Crippen LogP contribution is 2.27. The first kappa shape index (κ1) is 43.5. The van der Waals surface area contributed by atoms with Gasteiger partial charge in [-0.2, -0.15) is 0 Å². The van der Waals surface area contributed by atoms with E-state index in [1.54, 1.807) is 82.6 Å². The molecule has 3 aliphatic rings. The van der Waals surface area contributed by atoms with Crippen LogP contribution >= 0.6 is 45.9 Å². The molecular formula is C39H40Cl2N6O10S2. The predicted molar refractivity (Wildman–Crippen MR) is 224 cm³/mol. The molecule has 16 nitrogen and oxygen atoms in total. The van der Waals surface area contributed by atoms with Gasteiger partial charge in [0.15, 0.2) is 0 Å². The number of anilines is 4. The molecule has 6 amide bonds. The minimum atomic E-state index is -0.964. The first-order chi connectivity index (χ1) is 28.4. The molecule has 0 saturated carbocycles. The summed E-state index contributed by atoms with van der Waals surface area (Å²) in [4.78, 5) is 79.6. The number of thiophene rings is 2. The molecule has 20 heteroatoms. The average molecular weight is 888 g/mol. The zero-order valence-electron chi connectivity index (χ0n) is 31.6. The van der Waals surface area contributed by atoms with Gasteiger partial charge in [-0.3, -0.25) is 28.9 Å². The van der Waals surface area contributed by atoms with Gasteiger partial charge in [0, 0.05) is 49.3 Å². The second-order valence-corrected chi connectivity index (χ2v) is 16.7. The fourth-order valence-electron chi connectivity index (χ4n) is 6.20. The number of morpholine rings is 2. The van der Waals surface area contributed by atoms with E-state index in [0.717, 1.165) is 22.7 Å². The molecule has 59 heavy (non-hydrogen) atoms. The van der Waals surface area contributed by atoms with Crippen LogP contribution in [0.1, 0.15) is 26.3 Å². The fourth-order valence-corrected chi connectivity index (χ4v) is 8.12. The maximum absolute atomic E-state index is 12.2. The van der Waals surface area contributed by atoms with Crippen LogP contribution in [0.5, 0.6) is 0 Å². The van der Waals surface area contributed by atoms with Crippen molar-refractivity contribution < 1.29 is 48.1 Å². The van der Waals surface area contributed by atoms with E-state index in [1.165, 1.54) is 28.1 Å². The van der Waals surface area contributed by atoms with Crippen LogP contribution in [0.2, 0.25) is 8.67 Å². The molecule has 0 aliphatic carbocycles. The number of amides is 6. The summed E-state index contributed by atoms with van der Waals surface area (Å²) in [6, 6.07) is 20.6. The number of carbonyl (C=O) groups excluding carboxylic acids is 6. The quantitative estimate of drug-likeness (QED) is 0.184. The Morgan fingerprint density at radius 2 is 1.25 bits per heavy atom. The number of ether oxygens (including phenoxy) is 3. The van der Waals surface area contributed by atoms with Gasteiger partial charge in [0.05, 0.1) is 57.4 Å². The molecule has 0 spiro atoms. The van der Waals surface area contributed by atoms with Crippen LogP contribution < -0.4 is 30.2 Å². The van der Waals surface area contributed by atoms with Gasteiger partial charge in [0.25, 0.3) is 23.6 Å². The molecule has 312 valence electrons. The van der Waals surface area contributed by atoms with Crippen LogP contribution in [0.3, 0.4) is 0 Å². The predicted octanol–water partition coefficient (Wildman–Crippen LogP) is 4.43.